The highest BCUT2D eigenvalue weighted by atomic mass is 16.5. The molecule has 0 aromatic carbocycles. The molecule has 2 aliphatic rings. The maximum atomic E-state index is 8.82. The summed E-state index contributed by atoms with van der Waals surface area (Å²) in [6, 6.07) is -2.15. The minimum absolute atomic E-state index is 0.439. The molecule has 0 aliphatic heterocycles. The van der Waals surface area contributed by atoms with Crippen LogP contribution in [0, 0.1) is 0 Å². The van der Waals surface area contributed by atoms with Crippen molar-refractivity contribution in [1.82, 2.24) is 0 Å². The average Bonchev–Trinajstić information content (AvgIpc) is 2.61. The van der Waals surface area contributed by atoms with Crippen molar-refractivity contribution in [2.24, 2.45) is 20.5 Å². The number of azide groups is 4. The van der Waals surface area contributed by atoms with Crippen molar-refractivity contribution in [3.8, 4) is 0 Å². The van der Waals surface area contributed by atoms with Crippen LogP contribution in [0.2, 0.25) is 0 Å². The minimum atomic E-state index is -0.610. The van der Waals surface area contributed by atoms with E-state index in [0.29, 0.717) is 25.7 Å². The number of nitrogens with zero attached hydrogens (tertiary/aromatic N) is 12. The Balaban J connectivity index is 2.21. The molecule has 0 heterocycles. The van der Waals surface area contributed by atoms with Crippen molar-refractivity contribution in [3.05, 3.63) is 41.8 Å². The van der Waals surface area contributed by atoms with Crippen molar-refractivity contribution in [3.63, 3.8) is 0 Å². The Hall–Kier alpha value is -2.80. The van der Waals surface area contributed by atoms with E-state index in [-0.39, 0.29) is 0 Å². The van der Waals surface area contributed by atoms with Gasteiger partial charge >= 0.3 is 0 Å². The summed E-state index contributed by atoms with van der Waals surface area (Å²) in [6.45, 7) is 0. The zero-order valence-corrected chi connectivity index (χ0v) is 13.5. The molecule has 2 saturated carbocycles. The largest absolute Gasteiger partial charge is 0.374 e. The average molecular weight is 346 g/mol. The molecule has 0 aromatic heterocycles. The fourth-order valence-corrected chi connectivity index (χ4v) is 3.56. The molecule has 2 rings (SSSR count). The van der Waals surface area contributed by atoms with E-state index < -0.39 is 36.4 Å². The molecular weight excluding hydrogens is 328 g/mol. The number of hydrogen-bond donors (Lipinski definition) is 0. The Bertz CT molecular complexity index is 599. The molecule has 6 atom stereocenters. The van der Waals surface area contributed by atoms with E-state index in [0.717, 1.165) is 12.8 Å². The van der Waals surface area contributed by atoms with Gasteiger partial charge in [0, 0.05) is 31.7 Å². The van der Waals surface area contributed by atoms with Gasteiger partial charge in [0.05, 0.1) is 24.3 Å². The molecule has 0 N–H and O–H groups in total. The van der Waals surface area contributed by atoms with E-state index in [1.165, 1.54) is 0 Å². The second kappa shape index (κ2) is 9.48. The van der Waals surface area contributed by atoms with Crippen LogP contribution < -0.4 is 0 Å². The lowest BCUT2D eigenvalue weighted by Crippen LogP contribution is -2.47. The molecule has 13 nitrogen and oxygen atoms in total. The minimum Gasteiger partial charge on any atom is -0.374 e. The molecule has 0 aromatic rings. The van der Waals surface area contributed by atoms with E-state index in [1.54, 1.807) is 0 Å². The topological polar surface area (TPSA) is 204 Å². The predicted octanol–water partition coefficient (Wildman–Crippen LogP) is 4.82. The molecule has 2 fully saturated rings. The van der Waals surface area contributed by atoms with Crippen molar-refractivity contribution in [1.29, 1.82) is 0 Å². The smallest absolute Gasteiger partial charge is 0.0720 e. The SMILES string of the molecule is [N-]=[N+]=NC1CCCC(OC2CCCC(N=[N+]=[N-])C2N=[N+]=[N-])C1N=[N+]=[N-]. The van der Waals surface area contributed by atoms with Gasteiger partial charge in [0.2, 0.25) is 0 Å². The first-order valence-electron chi connectivity index (χ1n) is 8.07. The third kappa shape index (κ3) is 4.60. The first-order valence-corrected chi connectivity index (χ1v) is 8.07. The quantitative estimate of drug-likeness (QED) is 0.370. The van der Waals surface area contributed by atoms with E-state index in [2.05, 4.69) is 40.1 Å². The van der Waals surface area contributed by atoms with Gasteiger partial charge in [-0.25, -0.2) is 0 Å². The van der Waals surface area contributed by atoms with Gasteiger partial charge in [-0.2, -0.15) is 0 Å². The molecule has 13 heteroatoms. The molecule has 0 radical (unpaired) electrons. The summed E-state index contributed by atoms with van der Waals surface area (Å²) >= 11 is 0. The molecule has 0 bridgehead atoms. The van der Waals surface area contributed by atoms with Gasteiger partial charge in [-0.15, -0.1) is 0 Å². The Morgan fingerprint density at radius 2 is 1.00 bits per heavy atom. The van der Waals surface area contributed by atoms with Gasteiger partial charge in [0.25, 0.3) is 0 Å². The normalized spacial score (nSPS) is 34.4. The van der Waals surface area contributed by atoms with Gasteiger partial charge < -0.3 is 4.74 Å². The zero-order valence-electron chi connectivity index (χ0n) is 13.5. The highest BCUT2D eigenvalue weighted by Gasteiger charge is 2.39. The van der Waals surface area contributed by atoms with Crippen LogP contribution in [-0.2, 0) is 4.74 Å². The van der Waals surface area contributed by atoms with E-state index in [1.807, 2.05) is 0 Å². The van der Waals surface area contributed by atoms with Crippen molar-refractivity contribution in [2.75, 3.05) is 0 Å². The number of hydrogen-bond acceptors (Lipinski definition) is 5. The Morgan fingerprint density at radius 3 is 1.36 bits per heavy atom. The second-order valence-electron chi connectivity index (χ2n) is 6.01. The Morgan fingerprint density at radius 1 is 0.600 bits per heavy atom. The molecule has 0 spiro atoms. The fourth-order valence-electron chi connectivity index (χ4n) is 3.56. The first-order chi connectivity index (χ1) is 12.2. The van der Waals surface area contributed by atoms with Crippen molar-refractivity contribution >= 4 is 0 Å². The first kappa shape index (κ1) is 18.5. The summed E-state index contributed by atoms with van der Waals surface area (Å²) in [6.07, 6.45) is 3.20. The molecule has 25 heavy (non-hydrogen) atoms. The third-order valence-electron chi connectivity index (χ3n) is 4.65. The standard InChI is InChI=1S/C12H18N12O/c13-21-17-7-3-1-5-9(11(7)19-23-15)25-10-6-2-4-8(18-22-14)12(10)20-24-16/h7-12H,1-6H2. The zero-order chi connectivity index (χ0) is 18.1. The van der Waals surface area contributed by atoms with Crippen molar-refractivity contribution in [2.45, 2.75) is 74.9 Å². The van der Waals surface area contributed by atoms with Crippen LogP contribution in [0.1, 0.15) is 38.5 Å². The van der Waals surface area contributed by atoms with Crippen LogP contribution in [0.4, 0.5) is 0 Å². The Kier molecular flexibility index (Phi) is 7.03. The van der Waals surface area contributed by atoms with Gasteiger partial charge in [-0.05, 0) is 47.8 Å². The summed E-state index contributed by atoms with van der Waals surface area (Å²) in [5.41, 5.74) is 35.0. The van der Waals surface area contributed by atoms with E-state index in [4.69, 9.17) is 26.9 Å². The summed E-state index contributed by atoms with van der Waals surface area (Å²) in [5, 5.41) is 15.0. The van der Waals surface area contributed by atoms with Crippen LogP contribution in [0.15, 0.2) is 20.5 Å². The monoisotopic (exact) mass is 346 g/mol. The van der Waals surface area contributed by atoms with E-state index in [9.17, 15) is 0 Å². The predicted molar refractivity (Wildman–Crippen MR) is 88.1 cm³/mol. The molecule has 0 saturated heterocycles. The van der Waals surface area contributed by atoms with Gasteiger partial charge in [0.1, 0.15) is 0 Å². The summed E-state index contributed by atoms with van der Waals surface area (Å²) in [4.78, 5) is 11.3. The molecule has 2 aliphatic carbocycles. The van der Waals surface area contributed by atoms with Gasteiger partial charge in [-0.1, -0.05) is 33.3 Å². The van der Waals surface area contributed by atoms with Crippen LogP contribution in [-0.4, -0.2) is 36.4 Å². The van der Waals surface area contributed by atoms with Gasteiger partial charge in [0.15, 0.2) is 0 Å². The third-order valence-corrected chi connectivity index (χ3v) is 4.65. The second-order valence-corrected chi connectivity index (χ2v) is 6.01. The van der Waals surface area contributed by atoms with Crippen molar-refractivity contribution < 1.29 is 4.74 Å². The lowest BCUT2D eigenvalue weighted by Gasteiger charge is -2.39. The van der Waals surface area contributed by atoms with Crippen LogP contribution in [0.3, 0.4) is 0 Å². The van der Waals surface area contributed by atoms with E-state index >= 15 is 0 Å². The highest BCUT2D eigenvalue weighted by molar-refractivity contribution is 4.98. The van der Waals surface area contributed by atoms with Crippen LogP contribution in [0.25, 0.3) is 41.8 Å². The lowest BCUT2D eigenvalue weighted by atomic mass is 9.86. The molecule has 6 unspecified atom stereocenters. The lowest BCUT2D eigenvalue weighted by molar-refractivity contribution is -0.0679. The highest BCUT2D eigenvalue weighted by Crippen LogP contribution is 2.33. The molecular formula is C12H18N12O. The summed E-state index contributed by atoms with van der Waals surface area (Å²) in [5.74, 6) is 0. The van der Waals surface area contributed by atoms with Gasteiger partial charge in [-0.3, -0.25) is 0 Å². The molecule has 132 valence electrons. The summed E-state index contributed by atoms with van der Waals surface area (Å²) < 4.78 is 6.12. The Labute approximate surface area is 142 Å². The maximum Gasteiger partial charge on any atom is 0.0720 e. The fraction of sp³-hybridized carbons (Fsp3) is 1.00. The van der Waals surface area contributed by atoms with Crippen LogP contribution >= 0.6 is 0 Å². The number of ether oxygens (including phenoxy) is 1. The van der Waals surface area contributed by atoms with Crippen LogP contribution in [0.5, 0.6) is 0 Å². The molecule has 0 amide bonds. The number of rotatable bonds is 6. The maximum absolute atomic E-state index is 8.82. The summed E-state index contributed by atoms with van der Waals surface area (Å²) in [7, 11) is 0.